The van der Waals surface area contributed by atoms with E-state index in [1.54, 1.807) is 29.4 Å². The van der Waals surface area contributed by atoms with E-state index in [1.807, 2.05) is 48.5 Å². The predicted octanol–water partition coefficient (Wildman–Crippen LogP) is 3.16. The third-order valence-corrected chi connectivity index (χ3v) is 4.85. The summed E-state index contributed by atoms with van der Waals surface area (Å²) in [5.41, 5.74) is 2.77. The fourth-order valence-electron chi connectivity index (χ4n) is 3.42. The number of nitrogens with one attached hydrogen (secondary N) is 1. The number of carbonyl (C=O) groups excluding carboxylic acids is 2. The highest BCUT2D eigenvalue weighted by molar-refractivity contribution is 5.98. The molecule has 2 amide bonds. The fourth-order valence-corrected chi connectivity index (χ4v) is 3.42. The summed E-state index contributed by atoms with van der Waals surface area (Å²) >= 11 is 0. The zero-order valence-corrected chi connectivity index (χ0v) is 14.8. The molecule has 0 aliphatic carbocycles. The standard InChI is InChI=1S/C22H20N2O3/c25-21(23-14-19-11-6-12-27-19)20-13-17-9-4-5-10-18(17)15-24(20)22(26)16-7-2-1-3-8-16/h1-12,20H,13-15H2,(H,23,25). The largest absolute Gasteiger partial charge is 0.467 e. The Morgan fingerprint density at radius 2 is 1.70 bits per heavy atom. The van der Waals surface area contributed by atoms with Crippen LogP contribution in [0, 0.1) is 0 Å². The van der Waals surface area contributed by atoms with E-state index in [-0.39, 0.29) is 11.8 Å². The highest BCUT2D eigenvalue weighted by Gasteiger charge is 2.34. The van der Waals surface area contributed by atoms with Crippen LogP contribution in [0.1, 0.15) is 27.2 Å². The van der Waals surface area contributed by atoms with Gasteiger partial charge in [-0.1, -0.05) is 42.5 Å². The van der Waals surface area contributed by atoms with Crippen LogP contribution in [-0.4, -0.2) is 22.8 Å². The van der Waals surface area contributed by atoms with Gasteiger partial charge in [-0.25, -0.2) is 0 Å². The molecule has 0 radical (unpaired) electrons. The van der Waals surface area contributed by atoms with E-state index < -0.39 is 6.04 Å². The molecule has 0 fully saturated rings. The van der Waals surface area contributed by atoms with Gasteiger partial charge < -0.3 is 14.6 Å². The first kappa shape index (κ1) is 17.1. The van der Waals surface area contributed by atoms with Crippen molar-refractivity contribution in [3.05, 3.63) is 95.4 Å². The average Bonchev–Trinajstić information content (AvgIpc) is 3.25. The molecular formula is C22H20N2O3. The van der Waals surface area contributed by atoms with Crippen LogP contribution in [0.3, 0.4) is 0 Å². The van der Waals surface area contributed by atoms with Crippen LogP contribution in [0.5, 0.6) is 0 Å². The van der Waals surface area contributed by atoms with Crippen molar-refractivity contribution in [2.45, 2.75) is 25.6 Å². The van der Waals surface area contributed by atoms with Crippen LogP contribution in [0.25, 0.3) is 0 Å². The normalized spacial score (nSPS) is 15.9. The molecule has 0 spiro atoms. The van der Waals surface area contributed by atoms with Gasteiger partial charge in [0.1, 0.15) is 11.8 Å². The minimum atomic E-state index is -0.553. The Morgan fingerprint density at radius 1 is 0.963 bits per heavy atom. The minimum Gasteiger partial charge on any atom is -0.467 e. The molecule has 0 saturated heterocycles. The van der Waals surface area contributed by atoms with Crippen LogP contribution in [0.15, 0.2) is 77.4 Å². The summed E-state index contributed by atoms with van der Waals surface area (Å²) in [6, 6.07) is 20.1. The number of hydrogen-bond acceptors (Lipinski definition) is 3. The SMILES string of the molecule is O=C(NCc1ccco1)C1Cc2ccccc2CN1C(=O)c1ccccc1. The van der Waals surface area contributed by atoms with E-state index in [9.17, 15) is 9.59 Å². The Bertz CT molecular complexity index is 935. The second kappa shape index (κ2) is 7.50. The molecule has 0 bridgehead atoms. The molecule has 1 aliphatic heterocycles. The van der Waals surface area contributed by atoms with E-state index in [0.717, 1.165) is 11.1 Å². The van der Waals surface area contributed by atoms with E-state index >= 15 is 0 Å². The minimum absolute atomic E-state index is 0.136. The molecular weight excluding hydrogens is 340 g/mol. The Kier molecular flexibility index (Phi) is 4.75. The van der Waals surface area contributed by atoms with Crippen LogP contribution >= 0.6 is 0 Å². The van der Waals surface area contributed by atoms with Crippen molar-refractivity contribution < 1.29 is 14.0 Å². The number of benzene rings is 2. The molecule has 1 N–H and O–H groups in total. The number of hydrogen-bond donors (Lipinski definition) is 1. The highest BCUT2D eigenvalue weighted by Crippen LogP contribution is 2.25. The topological polar surface area (TPSA) is 62.6 Å². The van der Waals surface area contributed by atoms with E-state index in [1.165, 1.54) is 0 Å². The number of fused-ring (bicyclic) bond motifs is 1. The van der Waals surface area contributed by atoms with Crippen LogP contribution < -0.4 is 5.32 Å². The number of carbonyl (C=O) groups is 2. The Morgan fingerprint density at radius 3 is 2.44 bits per heavy atom. The molecule has 1 unspecified atom stereocenters. The maximum absolute atomic E-state index is 13.1. The predicted molar refractivity (Wildman–Crippen MR) is 101 cm³/mol. The van der Waals surface area contributed by atoms with Crippen molar-refractivity contribution in [1.82, 2.24) is 10.2 Å². The fraction of sp³-hybridized carbons (Fsp3) is 0.182. The van der Waals surface area contributed by atoms with Gasteiger partial charge in [-0.15, -0.1) is 0 Å². The Balaban J connectivity index is 1.59. The molecule has 3 aromatic rings. The van der Waals surface area contributed by atoms with Gasteiger partial charge in [0.25, 0.3) is 5.91 Å². The molecule has 0 saturated carbocycles. The van der Waals surface area contributed by atoms with Crippen LogP contribution in [0.2, 0.25) is 0 Å². The number of furan rings is 1. The lowest BCUT2D eigenvalue weighted by atomic mass is 9.92. The van der Waals surface area contributed by atoms with Crippen LogP contribution in [0.4, 0.5) is 0 Å². The van der Waals surface area contributed by atoms with Gasteiger partial charge in [0.2, 0.25) is 5.91 Å². The highest BCUT2D eigenvalue weighted by atomic mass is 16.3. The summed E-state index contributed by atoms with van der Waals surface area (Å²) in [5, 5.41) is 2.90. The van der Waals surface area contributed by atoms with E-state index in [0.29, 0.717) is 30.8 Å². The van der Waals surface area contributed by atoms with Gasteiger partial charge >= 0.3 is 0 Å². The quantitative estimate of drug-likeness (QED) is 0.777. The maximum Gasteiger partial charge on any atom is 0.254 e. The molecule has 27 heavy (non-hydrogen) atoms. The van der Waals surface area contributed by atoms with Gasteiger partial charge in [0.05, 0.1) is 12.8 Å². The zero-order chi connectivity index (χ0) is 18.6. The van der Waals surface area contributed by atoms with E-state index in [4.69, 9.17) is 4.42 Å². The Labute approximate surface area is 157 Å². The molecule has 2 heterocycles. The van der Waals surface area contributed by atoms with Gasteiger partial charge in [-0.2, -0.15) is 0 Å². The summed E-state index contributed by atoms with van der Waals surface area (Å²) in [5.74, 6) is 0.369. The van der Waals surface area contributed by atoms with Crippen molar-refractivity contribution in [2.75, 3.05) is 0 Å². The number of amides is 2. The van der Waals surface area contributed by atoms with Crippen molar-refractivity contribution in [3.8, 4) is 0 Å². The average molecular weight is 360 g/mol. The summed E-state index contributed by atoms with van der Waals surface area (Å²) in [6.45, 7) is 0.722. The first-order valence-corrected chi connectivity index (χ1v) is 8.95. The molecule has 4 rings (SSSR count). The molecule has 1 atom stereocenters. The number of nitrogens with zero attached hydrogens (tertiary/aromatic N) is 1. The molecule has 5 nitrogen and oxygen atoms in total. The first-order chi connectivity index (χ1) is 13.2. The molecule has 136 valence electrons. The van der Waals surface area contributed by atoms with Gasteiger partial charge in [0.15, 0.2) is 0 Å². The molecule has 1 aliphatic rings. The summed E-state index contributed by atoms with van der Waals surface area (Å²) in [7, 11) is 0. The monoisotopic (exact) mass is 360 g/mol. The number of rotatable bonds is 4. The second-order valence-corrected chi connectivity index (χ2v) is 6.58. The summed E-state index contributed by atoms with van der Waals surface area (Å²) < 4.78 is 5.28. The zero-order valence-electron chi connectivity index (χ0n) is 14.8. The van der Waals surface area contributed by atoms with Gasteiger partial charge in [-0.05, 0) is 35.4 Å². The maximum atomic E-state index is 13.1. The third-order valence-electron chi connectivity index (χ3n) is 4.85. The van der Waals surface area contributed by atoms with Crippen molar-refractivity contribution in [2.24, 2.45) is 0 Å². The Hall–Kier alpha value is -3.34. The van der Waals surface area contributed by atoms with Crippen LogP contribution in [-0.2, 0) is 24.3 Å². The van der Waals surface area contributed by atoms with E-state index in [2.05, 4.69) is 5.32 Å². The lowest BCUT2D eigenvalue weighted by Gasteiger charge is -2.36. The molecule has 2 aromatic carbocycles. The third kappa shape index (κ3) is 3.62. The van der Waals surface area contributed by atoms with Crippen molar-refractivity contribution >= 4 is 11.8 Å². The molecule has 1 aromatic heterocycles. The van der Waals surface area contributed by atoms with Gasteiger partial charge in [-0.3, -0.25) is 9.59 Å². The lowest BCUT2D eigenvalue weighted by molar-refractivity contribution is -0.126. The molecule has 5 heteroatoms. The van der Waals surface area contributed by atoms with Crippen molar-refractivity contribution in [1.29, 1.82) is 0 Å². The van der Waals surface area contributed by atoms with Gasteiger partial charge in [0, 0.05) is 18.5 Å². The first-order valence-electron chi connectivity index (χ1n) is 8.95. The second-order valence-electron chi connectivity index (χ2n) is 6.58. The lowest BCUT2D eigenvalue weighted by Crippen LogP contribution is -2.52. The smallest absolute Gasteiger partial charge is 0.254 e. The van der Waals surface area contributed by atoms with Crippen molar-refractivity contribution in [3.63, 3.8) is 0 Å². The summed E-state index contributed by atoms with van der Waals surface area (Å²) in [4.78, 5) is 27.6. The summed E-state index contributed by atoms with van der Waals surface area (Å²) in [6.07, 6.45) is 2.07.